The van der Waals surface area contributed by atoms with Crippen molar-refractivity contribution in [2.24, 2.45) is 0 Å². The Labute approximate surface area is 95.6 Å². The maximum atomic E-state index is 6.04. The number of aromatic amines is 1. The van der Waals surface area contributed by atoms with Crippen LogP contribution in [0.5, 0.6) is 0 Å². The van der Waals surface area contributed by atoms with Gasteiger partial charge in [-0.1, -0.05) is 46.3 Å². The lowest BCUT2D eigenvalue weighted by Crippen LogP contribution is -1.81. The number of aryl methyl sites for hydroxylation is 1. The normalized spacial score (nSPS) is 10.9. The Balaban J connectivity index is 2.61. The van der Waals surface area contributed by atoms with Gasteiger partial charge in [-0.05, 0) is 18.1 Å². The molecule has 0 unspecified atom stereocenters. The van der Waals surface area contributed by atoms with Gasteiger partial charge in [0.25, 0.3) is 0 Å². The van der Waals surface area contributed by atoms with Crippen LogP contribution in [-0.4, -0.2) is 9.41 Å². The van der Waals surface area contributed by atoms with Gasteiger partial charge in [-0.3, -0.25) is 0 Å². The topological polar surface area (TPSA) is 15.8 Å². The van der Waals surface area contributed by atoms with Crippen LogP contribution in [0.2, 0.25) is 5.02 Å². The molecule has 1 aromatic carbocycles. The number of hydrogen-bond acceptors (Lipinski definition) is 0. The minimum Gasteiger partial charge on any atom is -0.360 e. The molecule has 0 radical (unpaired) electrons. The molecule has 0 bridgehead atoms. The first kappa shape index (κ1) is 9.34. The standard InChI is InChI=1S/C10H9ClIN/c11-9-3-1-2-8-7(4-5-12)6-13-10(8)9/h1-3,6,13H,4-5H2. The molecule has 2 rings (SSSR count). The van der Waals surface area contributed by atoms with E-state index < -0.39 is 0 Å². The van der Waals surface area contributed by atoms with Crippen molar-refractivity contribution in [1.29, 1.82) is 0 Å². The summed E-state index contributed by atoms with van der Waals surface area (Å²) >= 11 is 8.42. The number of fused-ring (bicyclic) bond motifs is 1. The van der Waals surface area contributed by atoms with E-state index in [9.17, 15) is 0 Å². The Morgan fingerprint density at radius 1 is 1.38 bits per heavy atom. The quantitative estimate of drug-likeness (QED) is 0.642. The number of aromatic nitrogens is 1. The average Bonchev–Trinajstić information content (AvgIpc) is 2.51. The van der Waals surface area contributed by atoms with Gasteiger partial charge in [0.05, 0.1) is 10.5 Å². The number of halogens is 2. The molecule has 0 saturated carbocycles. The van der Waals surface area contributed by atoms with Crippen molar-refractivity contribution in [2.45, 2.75) is 6.42 Å². The maximum absolute atomic E-state index is 6.04. The van der Waals surface area contributed by atoms with E-state index in [0.29, 0.717) is 0 Å². The average molecular weight is 306 g/mol. The van der Waals surface area contributed by atoms with Crippen molar-refractivity contribution in [1.82, 2.24) is 4.98 Å². The van der Waals surface area contributed by atoms with Crippen molar-refractivity contribution in [2.75, 3.05) is 4.43 Å². The zero-order chi connectivity index (χ0) is 9.26. The number of nitrogens with one attached hydrogen (secondary N) is 1. The van der Waals surface area contributed by atoms with E-state index in [1.165, 1.54) is 10.9 Å². The third kappa shape index (κ3) is 1.70. The van der Waals surface area contributed by atoms with Gasteiger partial charge >= 0.3 is 0 Å². The largest absolute Gasteiger partial charge is 0.360 e. The predicted molar refractivity (Wildman–Crippen MR) is 65.9 cm³/mol. The molecule has 68 valence electrons. The molecule has 0 atom stereocenters. The van der Waals surface area contributed by atoms with E-state index in [0.717, 1.165) is 21.4 Å². The van der Waals surface area contributed by atoms with E-state index in [1.54, 1.807) is 0 Å². The summed E-state index contributed by atoms with van der Waals surface area (Å²) in [6, 6.07) is 6.02. The van der Waals surface area contributed by atoms with Gasteiger partial charge in [-0.25, -0.2) is 0 Å². The van der Waals surface area contributed by atoms with Gasteiger partial charge in [0.1, 0.15) is 0 Å². The van der Waals surface area contributed by atoms with E-state index in [1.807, 2.05) is 12.1 Å². The fourth-order valence-corrected chi connectivity index (χ4v) is 2.29. The molecule has 2 aromatic rings. The lowest BCUT2D eigenvalue weighted by atomic mass is 10.1. The minimum atomic E-state index is 0.803. The number of para-hydroxylation sites is 1. The number of rotatable bonds is 2. The van der Waals surface area contributed by atoms with Crippen molar-refractivity contribution in [3.05, 3.63) is 35.0 Å². The van der Waals surface area contributed by atoms with Gasteiger partial charge in [-0.2, -0.15) is 0 Å². The second-order valence-electron chi connectivity index (χ2n) is 2.92. The van der Waals surface area contributed by atoms with Gasteiger partial charge in [0.15, 0.2) is 0 Å². The second-order valence-corrected chi connectivity index (χ2v) is 4.40. The second kappa shape index (κ2) is 3.88. The summed E-state index contributed by atoms with van der Waals surface area (Å²) in [6.07, 6.45) is 3.15. The molecular formula is C10H9ClIN. The van der Waals surface area contributed by atoms with Gasteiger partial charge < -0.3 is 4.98 Å². The molecule has 0 aliphatic rings. The third-order valence-corrected chi connectivity index (χ3v) is 2.97. The number of H-pyrrole nitrogens is 1. The molecule has 0 spiro atoms. The lowest BCUT2D eigenvalue weighted by Gasteiger charge is -1.95. The van der Waals surface area contributed by atoms with Crippen LogP contribution >= 0.6 is 34.2 Å². The first-order valence-corrected chi connectivity index (χ1v) is 6.03. The first-order chi connectivity index (χ1) is 6.33. The molecule has 0 fully saturated rings. The summed E-state index contributed by atoms with van der Waals surface area (Å²) in [6.45, 7) is 0. The van der Waals surface area contributed by atoms with Crippen molar-refractivity contribution in [3.8, 4) is 0 Å². The fraction of sp³-hybridized carbons (Fsp3) is 0.200. The minimum absolute atomic E-state index is 0.803. The number of benzene rings is 1. The van der Waals surface area contributed by atoms with Crippen LogP contribution in [0, 0.1) is 0 Å². The SMILES string of the molecule is Clc1cccc2c(CCI)c[nH]c12. The highest BCUT2D eigenvalue weighted by Gasteiger charge is 2.04. The fourth-order valence-electron chi connectivity index (χ4n) is 1.48. The molecular weight excluding hydrogens is 296 g/mol. The molecule has 1 aromatic heterocycles. The molecule has 1 nitrogen and oxygen atoms in total. The number of alkyl halides is 1. The Kier molecular flexibility index (Phi) is 2.79. The summed E-state index contributed by atoms with van der Waals surface area (Å²) < 4.78 is 1.14. The zero-order valence-corrected chi connectivity index (χ0v) is 9.89. The van der Waals surface area contributed by atoms with Crippen LogP contribution in [0.15, 0.2) is 24.4 Å². The molecule has 0 aliphatic carbocycles. The lowest BCUT2D eigenvalue weighted by molar-refractivity contribution is 1.20. The Hall–Kier alpha value is -0.220. The molecule has 3 heteroatoms. The van der Waals surface area contributed by atoms with Crippen molar-refractivity contribution in [3.63, 3.8) is 0 Å². The monoisotopic (exact) mass is 305 g/mol. The predicted octanol–water partition coefficient (Wildman–Crippen LogP) is 3.80. The van der Waals surface area contributed by atoms with Gasteiger partial charge in [0, 0.05) is 16.0 Å². The van der Waals surface area contributed by atoms with Crippen LogP contribution in [0.25, 0.3) is 10.9 Å². The van der Waals surface area contributed by atoms with Crippen LogP contribution in [-0.2, 0) is 6.42 Å². The molecule has 0 amide bonds. The Bertz CT molecular complexity index is 422. The van der Waals surface area contributed by atoms with E-state index in [4.69, 9.17) is 11.6 Å². The molecule has 0 aliphatic heterocycles. The van der Waals surface area contributed by atoms with Crippen LogP contribution in [0.4, 0.5) is 0 Å². The van der Waals surface area contributed by atoms with Crippen LogP contribution in [0.1, 0.15) is 5.56 Å². The first-order valence-electron chi connectivity index (χ1n) is 4.13. The van der Waals surface area contributed by atoms with Crippen LogP contribution in [0.3, 0.4) is 0 Å². The van der Waals surface area contributed by atoms with Crippen molar-refractivity contribution < 1.29 is 0 Å². The summed E-state index contributed by atoms with van der Waals surface area (Å²) in [5.74, 6) is 0. The molecule has 1 N–H and O–H groups in total. The highest BCUT2D eigenvalue weighted by Crippen LogP contribution is 2.25. The summed E-state index contributed by atoms with van der Waals surface area (Å²) in [7, 11) is 0. The maximum Gasteiger partial charge on any atom is 0.0647 e. The van der Waals surface area contributed by atoms with E-state index in [-0.39, 0.29) is 0 Å². The summed E-state index contributed by atoms with van der Waals surface area (Å²) in [5.41, 5.74) is 2.41. The zero-order valence-electron chi connectivity index (χ0n) is 6.98. The third-order valence-electron chi connectivity index (χ3n) is 2.11. The van der Waals surface area contributed by atoms with E-state index in [2.05, 4.69) is 39.8 Å². The van der Waals surface area contributed by atoms with Gasteiger partial charge in [-0.15, -0.1) is 0 Å². The van der Waals surface area contributed by atoms with Crippen LogP contribution < -0.4 is 0 Å². The Morgan fingerprint density at radius 3 is 3.00 bits per heavy atom. The summed E-state index contributed by atoms with van der Waals surface area (Å²) in [5, 5.41) is 2.06. The molecule has 13 heavy (non-hydrogen) atoms. The highest BCUT2D eigenvalue weighted by molar-refractivity contribution is 14.1. The number of hydrogen-bond donors (Lipinski definition) is 1. The highest BCUT2D eigenvalue weighted by atomic mass is 127. The van der Waals surface area contributed by atoms with Crippen molar-refractivity contribution >= 4 is 45.1 Å². The van der Waals surface area contributed by atoms with Gasteiger partial charge in [0.2, 0.25) is 0 Å². The Morgan fingerprint density at radius 2 is 2.23 bits per heavy atom. The van der Waals surface area contributed by atoms with E-state index >= 15 is 0 Å². The summed E-state index contributed by atoms with van der Waals surface area (Å²) in [4.78, 5) is 3.21. The molecule has 0 saturated heterocycles. The molecule has 1 heterocycles. The smallest absolute Gasteiger partial charge is 0.0647 e.